The average Bonchev–Trinajstić information content (AvgIpc) is 2.86. The maximum atomic E-state index is 12.8. The number of aromatic nitrogens is 2. The number of alkyl halides is 3. The van der Waals surface area contributed by atoms with E-state index in [-0.39, 0.29) is 10.7 Å². The van der Waals surface area contributed by atoms with Crippen LogP contribution in [0.1, 0.15) is 24.6 Å². The van der Waals surface area contributed by atoms with Gasteiger partial charge >= 0.3 is 6.18 Å². The van der Waals surface area contributed by atoms with Gasteiger partial charge in [0.2, 0.25) is 0 Å². The first-order chi connectivity index (χ1) is 9.90. The highest BCUT2D eigenvalue weighted by molar-refractivity contribution is 6.30. The number of rotatable bonds is 5. The van der Waals surface area contributed by atoms with Crippen LogP contribution in [0, 0.1) is 0 Å². The van der Waals surface area contributed by atoms with E-state index in [0.29, 0.717) is 6.54 Å². The van der Waals surface area contributed by atoms with Crippen LogP contribution in [-0.2, 0) is 12.7 Å². The Bertz CT molecular complexity index is 608. The SMILES string of the molecule is CCCNCc1ccn(-c2cc(Cl)cc(C(F)(F)F)c2)n1. The molecule has 1 heterocycles. The van der Waals surface area contributed by atoms with Crippen LogP contribution in [0.5, 0.6) is 0 Å². The second kappa shape index (κ2) is 6.49. The van der Waals surface area contributed by atoms with Crippen LogP contribution in [-0.4, -0.2) is 16.3 Å². The molecule has 0 unspecified atom stereocenters. The Morgan fingerprint density at radius 1 is 1.29 bits per heavy atom. The Labute approximate surface area is 125 Å². The molecule has 2 rings (SSSR count). The highest BCUT2D eigenvalue weighted by Crippen LogP contribution is 2.32. The molecule has 2 aromatic rings. The number of hydrogen-bond acceptors (Lipinski definition) is 2. The van der Waals surface area contributed by atoms with Gasteiger partial charge in [0.15, 0.2) is 0 Å². The Kier molecular flexibility index (Phi) is 4.90. The van der Waals surface area contributed by atoms with Gasteiger partial charge in [-0.25, -0.2) is 4.68 Å². The fourth-order valence-electron chi connectivity index (χ4n) is 1.86. The minimum Gasteiger partial charge on any atom is -0.311 e. The van der Waals surface area contributed by atoms with Gasteiger partial charge in [-0.05, 0) is 37.2 Å². The van der Waals surface area contributed by atoms with Crippen molar-refractivity contribution in [2.24, 2.45) is 0 Å². The van der Waals surface area contributed by atoms with Crippen LogP contribution < -0.4 is 5.32 Å². The fraction of sp³-hybridized carbons (Fsp3) is 0.357. The van der Waals surface area contributed by atoms with Crippen LogP contribution in [0.25, 0.3) is 5.69 Å². The van der Waals surface area contributed by atoms with Crippen molar-refractivity contribution in [2.45, 2.75) is 26.1 Å². The summed E-state index contributed by atoms with van der Waals surface area (Å²) >= 11 is 5.76. The smallest absolute Gasteiger partial charge is 0.311 e. The van der Waals surface area contributed by atoms with Gasteiger partial charge in [-0.15, -0.1) is 0 Å². The van der Waals surface area contributed by atoms with Crippen LogP contribution in [0.2, 0.25) is 5.02 Å². The van der Waals surface area contributed by atoms with Crippen molar-refractivity contribution < 1.29 is 13.2 Å². The molecule has 1 aromatic heterocycles. The molecule has 0 amide bonds. The third-order valence-corrected chi connectivity index (χ3v) is 3.07. The summed E-state index contributed by atoms with van der Waals surface area (Å²) < 4.78 is 39.7. The molecule has 0 bridgehead atoms. The fourth-order valence-corrected chi connectivity index (χ4v) is 2.09. The Morgan fingerprint density at radius 3 is 2.71 bits per heavy atom. The van der Waals surface area contributed by atoms with E-state index in [4.69, 9.17) is 11.6 Å². The molecule has 1 aromatic carbocycles. The van der Waals surface area contributed by atoms with E-state index in [1.807, 2.05) is 0 Å². The molecule has 114 valence electrons. The summed E-state index contributed by atoms with van der Waals surface area (Å²) in [6.45, 7) is 3.49. The third kappa shape index (κ3) is 4.22. The number of nitrogens with zero attached hydrogens (tertiary/aromatic N) is 2. The maximum Gasteiger partial charge on any atom is 0.416 e. The molecule has 0 aliphatic carbocycles. The van der Waals surface area contributed by atoms with Gasteiger partial charge in [-0.2, -0.15) is 18.3 Å². The first-order valence-electron chi connectivity index (χ1n) is 6.53. The largest absolute Gasteiger partial charge is 0.416 e. The van der Waals surface area contributed by atoms with Crippen LogP contribution >= 0.6 is 11.6 Å². The van der Waals surface area contributed by atoms with E-state index in [1.165, 1.54) is 10.7 Å². The minimum atomic E-state index is -4.43. The van der Waals surface area contributed by atoms with Crippen LogP contribution in [0.3, 0.4) is 0 Å². The lowest BCUT2D eigenvalue weighted by atomic mass is 10.2. The molecule has 3 nitrogen and oxygen atoms in total. The molecule has 0 fully saturated rings. The quantitative estimate of drug-likeness (QED) is 0.843. The van der Waals surface area contributed by atoms with E-state index < -0.39 is 11.7 Å². The van der Waals surface area contributed by atoms with Crippen molar-refractivity contribution in [3.63, 3.8) is 0 Å². The Morgan fingerprint density at radius 2 is 2.05 bits per heavy atom. The molecular weight excluding hydrogens is 303 g/mol. The summed E-state index contributed by atoms with van der Waals surface area (Å²) in [4.78, 5) is 0. The van der Waals surface area contributed by atoms with Crippen LogP contribution in [0.4, 0.5) is 13.2 Å². The van der Waals surface area contributed by atoms with Crippen molar-refractivity contribution in [3.8, 4) is 5.69 Å². The molecule has 0 aliphatic rings. The zero-order valence-corrected chi connectivity index (χ0v) is 12.2. The lowest BCUT2D eigenvalue weighted by molar-refractivity contribution is -0.137. The lowest BCUT2D eigenvalue weighted by Gasteiger charge is -2.10. The Hall–Kier alpha value is -1.53. The Balaban J connectivity index is 2.24. The molecule has 1 N–H and O–H groups in total. The van der Waals surface area contributed by atoms with E-state index >= 15 is 0 Å². The standard InChI is InChI=1S/C14H15ClF3N3/c1-2-4-19-9-12-3-5-21(20-12)13-7-10(14(16,17)18)6-11(15)8-13/h3,5-8,19H,2,4,9H2,1H3. The topological polar surface area (TPSA) is 29.9 Å². The van der Waals surface area contributed by atoms with E-state index in [2.05, 4.69) is 17.3 Å². The third-order valence-electron chi connectivity index (χ3n) is 2.85. The van der Waals surface area contributed by atoms with Gasteiger partial charge in [0, 0.05) is 17.8 Å². The van der Waals surface area contributed by atoms with Crippen LogP contribution in [0.15, 0.2) is 30.5 Å². The predicted molar refractivity (Wildman–Crippen MR) is 75.6 cm³/mol. The van der Waals surface area contributed by atoms with Gasteiger partial charge in [0.05, 0.1) is 16.9 Å². The van der Waals surface area contributed by atoms with E-state index in [9.17, 15) is 13.2 Å². The number of nitrogens with one attached hydrogen (secondary N) is 1. The summed E-state index contributed by atoms with van der Waals surface area (Å²) in [5.41, 5.74) is 0.264. The normalized spacial score (nSPS) is 11.9. The van der Waals surface area contributed by atoms with Gasteiger partial charge in [0.25, 0.3) is 0 Å². The monoisotopic (exact) mass is 317 g/mol. The molecule has 7 heteroatoms. The van der Waals surface area contributed by atoms with Crippen molar-refractivity contribution in [1.29, 1.82) is 0 Å². The molecule has 0 saturated heterocycles. The molecule has 0 radical (unpaired) electrons. The van der Waals surface area contributed by atoms with Gasteiger partial charge < -0.3 is 5.32 Å². The average molecular weight is 318 g/mol. The van der Waals surface area contributed by atoms with Crippen molar-refractivity contribution >= 4 is 11.6 Å². The van der Waals surface area contributed by atoms with Crippen molar-refractivity contribution in [2.75, 3.05) is 6.54 Å². The summed E-state index contributed by atoms with van der Waals surface area (Å²) in [6, 6.07) is 5.14. The number of benzene rings is 1. The molecular formula is C14H15ClF3N3. The minimum absolute atomic E-state index is 0.0287. The first kappa shape index (κ1) is 15.9. The molecule has 0 aliphatic heterocycles. The summed E-state index contributed by atoms with van der Waals surface area (Å²) in [7, 11) is 0. The summed E-state index contributed by atoms with van der Waals surface area (Å²) in [5.74, 6) is 0. The molecule has 21 heavy (non-hydrogen) atoms. The summed E-state index contributed by atoms with van der Waals surface area (Å²) in [5, 5.41) is 7.45. The second-order valence-electron chi connectivity index (χ2n) is 4.62. The molecule has 0 spiro atoms. The van der Waals surface area contributed by atoms with E-state index in [0.717, 1.165) is 30.8 Å². The highest BCUT2D eigenvalue weighted by atomic mass is 35.5. The van der Waals surface area contributed by atoms with Crippen molar-refractivity contribution in [1.82, 2.24) is 15.1 Å². The first-order valence-corrected chi connectivity index (χ1v) is 6.91. The number of hydrogen-bond donors (Lipinski definition) is 1. The second-order valence-corrected chi connectivity index (χ2v) is 5.06. The maximum absolute atomic E-state index is 12.8. The van der Waals surface area contributed by atoms with Gasteiger partial charge in [-0.1, -0.05) is 18.5 Å². The molecule has 0 saturated carbocycles. The van der Waals surface area contributed by atoms with Gasteiger partial charge in [0.1, 0.15) is 0 Å². The lowest BCUT2D eigenvalue weighted by Crippen LogP contribution is -2.14. The predicted octanol–water partition coefficient (Wildman–Crippen LogP) is 4.04. The zero-order valence-electron chi connectivity index (χ0n) is 11.4. The highest BCUT2D eigenvalue weighted by Gasteiger charge is 2.31. The van der Waals surface area contributed by atoms with E-state index in [1.54, 1.807) is 12.3 Å². The molecule has 0 atom stereocenters. The zero-order chi connectivity index (χ0) is 15.5. The summed E-state index contributed by atoms with van der Waals surface area (Å²) in [6.07, 6.45) is -1.81. The van der Waals surface area contributed by atoms with Crippen molar-refractivity contribution in [3.05, 3.63) is 46.7 Å². The van der Waals surface area contributed by atoms with Gasteiger partial charge in [-0.3, -0.25) is 0 Å². The number of halogens is 4.